The van der Waals surface area contributed by atoms with Gasteiger partial charge in [-0.25, -0.2) is 0 Å². The van der Waals surface area contributed by atoms with Crippen LogP contribution in [0.4, 0.5) is 0 Å². The second-order valence-electron chi connectivity index (χ2n) is 6.01. The fourth-order valence-electron chi connectivity index (χ4n) is 1.98. The van der Waals surface area contributed by atoms with E-state index in [2.05, 4.69) is 29.4 Å². The molecule has 1 atom stereocenters. The Morgan fingerprint density at radius 2 is 2.04 bits per heavy atom. The summed E-state index contributed by atoms with van der Waals surface area (Å²) in [5.74, 6) is -0.117. The first kappa shape index (κ1) is 19.0. The number of carboxylic acids is 1. The quantitative estimate of drug-likeness (QED) is 0.573. The fraction of sp³-hybridized carbons (Fsp3) is 0.412. The van der Waals surface area contributed by atoms with Crippen molar-refractivity contribution in [3.05, 3.63) is 29.8 Å². The zero-order valence-electron chi connectivity index (χ0n) is 14.4. The lowest BCUT2D eigenvalue weighted by molar-refractivity contribution is -0.138. The SMILES string of the molecule is CC(=NN=C1NC(=O)[C@H](CC(=O)O)S1)c1ccc(OCC(C)C)cc1. The standard InChI is InChI=1S/C17H21N3O4S/c1-10(2)9-24-13-6-4-12(5-7-13)11(3)19-20-17-18-16(23)14(25-17)8-15(21)22/h4-7,10,14H,8-9H2,1-3H3,(H,21,22)(H,18,20,23)/t14-/m0/s1. The van der Waals surface area contributed by atoms with Crippen LogP contribution in [0.15, 0.2) is 34.5 Å². The summed E-state index contributed by atoms with van der Waals surface area (Å²) in [6.45, 7) is 6.65. The summed E-state index contributed by atoms with van der Waals surface area (Å²) in [5, 5.41) is 19.1. The van der Waals surface area contributed by atoms with Crippen molar-refractivity contribution < 1.29 is 19.4 Å². The number of nitrogens with zero attached hydrogens (tertiary/aromatic N) is 2. The van der Waals surface area contributed by atoms with Gasteiger partial charge in [0.15, 0.2) is 5.17 Å². The average Bonchev–Trinajstić information content (AvgIpc) is 2.90. The molecule has 1 amide bonds. The molecule has 0 aliphatic carbocycles. The van der Waals surface area contributed by atoms with Crippen molar-refractivity contribution in [1.29, 1.82) is 0 Å². The molecule has 0 unspecified atom stereocenters. The highest BCUT2D eigenvalue weighted by atomic mass is 32.2. The van der Waals surface area contributed by atoms with Crippen LogP contribution in [0.2, 0.25) is 0 Å². The number of amidine groups is 1. The van der Waals surface area contributed by atoms with Crippen LogP contribution in [0.1, 0.15) is 32.8 Å². The van der Waals surface area contributed by atoms with Crippen molar-refractivity contribution in [2.45, 2.75) is 32.4 Å². The number of hydrogen-bond donors (Lipinski definition) is 2. The lowest BCUT2D eigenvalue weighted by Gasteiger charge is -2.08. The van der Waals surface area contributed by atoms with Crippen molar-refractivity contribution in [1.82, 2.24) is 5.32 Å². The van der Waals surface area contributed by atoms with E-state index in [-0.39, 0.29) is 12.3 Å². The molecule has 1 aromatic rings. The molecule has 1 aliphatic rings. The third-order valence-corrected chi connectivity index (χ3v) is 4.35. The highest BCUT2D eigenvalue weighted by Gasteiger charge is 2.32. The van der Waals surface area contributed by atoms with E-state index in [1.807, 2.05) is 31.2 Å². The minimum absolute atomic E-state index is 0.240. The minimum atomic E-state index is -1.02. The van der Waals surface area contributed by atoms with E-state index in [9.17, 15) is 9.59 Å². The zero-order valence-corrected chi connectivity index (χ0v) is 15.2. The van der Waals surface area contributed by atoms with Crippen molar-refractivity contribution in [3.8, 4) is 5.75 Å². The van der Waals surface area contributed by atoms with E-state index in [1.165, 1.54) is 0 Å². The van der Waals surface area contributed by atoms with Crippen LogP contribution >= 0.6 is 11.8 Å². The first-order chi connectivity index (χ1) is 11.8. The normalized spacial score (nSPS) is 19.4. The highest BCUT2D eigenvalue weighted by molar-refractivity contribution is 8.15. The maximum Gasteiger partial charge on any atom is 0.305 e. The number of thioether (sulfide) groups is 1. The van der Waals surface area contributed by atoms with E-state index in [0.717, 1.165) is 23.1 Å². The molecule has 8 heteroatoms. The van der Waals surface area contributed by atoms with Crippen LogP contribution < -0.4 is 10.1 Å². The van der Waals surface area contributed by atoms with Gasteiger partial charge in [-0.1, -0.05) is 25.6 Å². The summed E-state index contributed by atoms with van der Waals surface area (Å²) >= 11 is 1.08. The Bertz CT molecular complexity index is 698. The Labute approximate surface area is 150 Å². The van der Waals surface area contributed by atoms with Gasteiger partial charge in [0.1, 0.15) is 11.0 Å². The van der Waals surface area contributed by atoms with Gasteiger partial charge < -0.3 is 15.2 Å². The van der Waals surface area contributed by atoms with Gasteiger partial charge in [-0.3, -0.25) is 9.59 Å². The summed E-state index contributed by atoms with van der Waals surface area (Å²) < 4.78 is 5.63. The number of hydrogen-bond acceptors (Lipinski definition) is 6. The third kappa shape index (κ3) is 5.90. The Morgan fingerprint density at radius 1 is 1.36 bits per heavy atom. The molecule has 134 valence electrons. The van der Waals surface area contributed by atoms with E-state index >= 15 is 0 Å². The Hall–Kier alpha value is -2.35. The number of ether oxygens (including phenoxy) is 1. The van der Waals surface area contributed by atoms with Gasteiger partial charge in [-0.15, -0.1) is 5.10 Å². The molecule has 1 aliphatic heterocycles. The number of amides is 1. The largest absolute Gasteiger partial charge is 0.493 e. The minimum Gasteiger partial charge on any atom is -0.493 e. The van der Waals surface area contributed by atoms with Crippen molar-refractivity contribution in [2.75, 3.05) is 6.61 Å². The number of rotatable bonds is 7. The molecule has 0 bridgehead atoms. The van der Waals surface area contributed by atoms with E-state index in [1.54, 1.807) is 0 Å². The molecule has 1 heterocycles. The summed E-state index contributed by atoms with van der Waals surface area (Å²) in [6, 6.07) is 7.53. The number of carbonyl (C=O) groups excluding carboxylic acids is 1. The maximum atomic E-state index is 11.6. The smallest absolute Gasteiger partial charge is 0.305 e. The van der Waals surface area contributed by atoms with Crippen LogP contribution in [-0.2, 0) is 9.59 Å². The molecule has 2 N–H and O–H groups in total. The van der Waals surface area contributed by atoms with E-state index in [0.29, 0.717) is 23.4 Å². The summed E-state index contributed by atoms with van der Waals surface area (Å²) in [6.07, 6.45) is -0.240. The topological polar surface area (TPSA) is 100 Å². The Morgan fingerprint density at radius 3 is 2.64 bits per heavy atom. The van der Waals surface area contributed by atoms with Gasteiger partial charge in [0.05, 0.1) is 18.7 Å². The molecular weight excluding hydrogens is 342 g/mol. The second kappa shape index (κ2) is 8.66. The molecule has 7 nitrogen and oxygen atoms in total. The van der Waals surface area contributed by atoms with Gasteiger partial charge in [0.25, 0.3) is 0 Å². The first-order valence-electron chi connectivity index (χ1n) is 7.90. The van der Waals surface area contributed by atoms with Gasteiger partial charge in [0, 0.05) is 0 Å². The molecule has 0 spiro atoms. The summed E-state index contributed by atoms with van der Waals surface area (Å²) in [4.78, 5) is 22.3. The van der Waals surface area contributed by atoms with Crippen molar-refractivity contribution >= 4 is 34.5 Å². The molecular formula is C17H21N3O4S. The molecule has 0 saturated carbocycles. The van der Waals surface area contributed by atoms with Gasteiger partial charge >= 0.3 is 5.97 Å². The van der Waals surface area contributed by atoms with Gasteiger partial charge in [-0.05, 0) is 42.7 Å². The predicted molar refractivity (Wildman–Crippen MR) is 98.2 cm³/mol. The molecule has 0 radical (unpaired) electrons. The van der Waals surface area contributed by atoms with Crippen molar-refractivity contribution in [2.24, 2.45) is 16.1 Å². The number of carboxylic acid groups (broad SMARTS) is 1. The molecule has 25 heavy (non-hydrogen) atoms. The van der Waals surface area contributed by atoms with E-state index in [4.69, 9.17) is 9.84 Å². The highest BCUT2D eigenvalue weighted by Crippen LogP contribution is 2.22. The average molecular weight is 363 g/mol. The van der Waals surface area contributed by atoms with E-state index < -0.39 is 11.2 Å². The van der Waals surface area contributed by atoms with Gasteiger partial charge in [-0.2, -0.15) is 5.10 Å². The van der Waals surface area contributed by atoms with Crippen LogP contribution in [-0.4, -0.2) is 39.7 Å². The second-order valence-corrected chi connectivity index (χ2v) is 7.20. The Balaban J connectivity index is 1.99. The number of nitrogens with one attached hydrogen (secondary N) is 1. The third-order valence-electron chi connectivity index (χ3n) is 3.28. The van der Waals surface area contributed by atoms with Crippen molar-refractivity contribution in [3.63, 3.8) is 0 Å². The molecule has 1 aromatic carbocycles. The number of benzene rings is 1. The monoisotopic (exact) mass is 363 g/mol. The van der Waals surface area contributed by atoms with Crippen LogP contribution in [0.25, 0.3) is 0 Å². The molecule has 0 aromatic heterocycles. The predicted octanol–water partition coefficient (Wildman–Crippen LogP) is 2.51. The molecule has 2 rings (SSSR count). The maximum absolute atomic E-state index is 11.6. The lowest BCUT2D eigenvalue weighted by atomic mass is 10.1. The van der Waals surface area contributed by atoms with Gasteiger partial charge in [0.2, 0.25) is 5.91 Å². The fourth-order valence-corrected chi connectivity index (χ4v) is 2.89. The summed E-state index contributed by atoms with van der Waals surface area (Å²) in [5.41, 5.74) is 1.57. The Kier molecular flexibility index (Phi) is 6.58. The summed E-state index contributed by atoms with van der Waals surface area (Å²) in [7, 11) is 0. The van der Waals surface area contributed by atoms with Crippen LogP contribution in [0.3, 0.4) is 0 Å². The first-order valence-corrected chi connectivity index (χ1v) is 8.78. The zero-order chi connectivity index (χ0) is 18.4. The number of carbonyl (C=O) groups is 2. The number of aliphatic carboxylic acids is 1. The molecule has 1 fully saturated rings. The lowest BCUT2D eigenvalue weighted by Crippen LogP contribution is -2.26. The molecule has 1 saturated heterocycles. The van der Waals surface area contributed by atoms with Crippen LogP contribution in [0, 0.1) is 5.92 Å². The van der Waals surface area contributed by atoms with Crippen LogP contribution in [0.5, 0.6) is 5.75 Å².